The van der Waals surface area contributed by atoms with Gasteiger partial charge in [0.1, 0.15) is 0 Å². The van der Waals surface area contributed by atoms with E-state index < -0.39 is 0 Å². The fraction of sp³-hybridized carbons (Fsp3) is 0.517. The fourth-order valence-electron chi connectivity index (χ4n) is 5.90. The van der Waals surface area contributed by atoms with Crippen molar-refractivity contribution >= 4 is 6.08 Å². The molecule has 0 bridgehead atoms. The third-order valence-corrected chi connectivity index (χ3v) is 7.74. The van der Waals surface area contributed by atoms with Crippen LogP contribution in [0.4, 0.5) is 0 Å². The molecule has 0 aromatic heterocycles. The fourth-order valence-corrected chi connectivity index (χ4v) is 5.90. The lowest BCUT2D eigenvalue weighted by Crippen LogP contribution is -2.49. The van der Waals surface area contributed by atoms with Crippen LogP contribution >= 0.6 is 0 Å². The van der Waals surface area contributed by atoms with Crippen LogP contribution in [0.25, 0.3) is 6.08 Å². The summed E-state index contributed by atoms with van der Waals surface area (Å²) >= 11 is 0. The van der Waals surface area contributed by atoms with Crippen LogP contribution in [0, 0.1) is 11.8 Å². The van der Waals surface area contributed by atoms with Crippen LogP contribution in [0.3, 0.4) is 0 Å². The van der Waals surface area contributed by atoms with Gasteiger partial charge in [0.05, 0.1) is 0 Å². The Balaban J connectivity index is 1.26. The maximum atomic E-state index is 4.29. The molecule has 4 rings (SSSR count). The van der Waals surface area contributed by atoms with E-state index in [0.717, 1.165) is 19.4 Å². The number of nitrogens with zero attached hydrogens (tertiary/aromatic N) is 1. The molecular weight excluding hydrogens is 376 g/mol. The lowest BCUT2D eigenvalue weighted by Gasteiger charge is -2.45. The van der Waals surface area contributed by atoms with E-state index in [-0.39, 0.29) is 5.41 Å². The second-order valence-corrected chi connectivity index (χ2v) is 10.4. The SMILES string of the molecule is C=C(CCC1=CCCC=C1)NCC1CC(C)C(CC2(C)C=Cc3ccccc32)N(C)C1. The van der Waals surface area contributed by atoms with E-state index in [4.69, 9.17) is 0 Å². The molecule has 0 spiro atoms. The molecule has 1 N–H and O–H groups in total. The Morgan fingerprint density at radius 2 is 2.06 bits per heavy atom. The van der Waals surface area contributed by atoms with Gasteiger partial charge in [0.25, 0.3) is 0 Å². The Labute approximate surface area is 189 Å². The molecule has 1 aliphatic heterocycles. The highest BCUT2D eigenvalue weighted by Crippen LogP contribution is 2.42. The van der Waals surface area contributed by atoms with E-state index >= 15 is 0 Å². The van der Waals surface area contributed by atoms with E-state index in [1.165, 1.54) is 54.6 Å². The molecule has 31 heavy (non-hydrogen) atoms. The first-order valence-corrected chi connectivity index (χ1v) is 12.2. The van der Waals surface area contributed by atoms with Crippen molar-refractivity contribution in [2.75, 3.05) is 20.1 Å². The summed E-state index contributed by atoms with van der Waals surface area (Å²) in [5.41, 5.74) is 5.72. The Hall–Kier alpha value is -2.06. The van der Waals surface area contributed by atoms with Crippen molar-refractivity contribution in [1.82, 2.24) is 10.2 Å². The highest BCUT2D eigenvalue weighted by molar-refractivity contribution is 5.64. The maximum Gasteiger partial charge on any atom is 0.0184 e. The van der Waals surface area contributed by atoms with Crippen LogP contribution in [0.15, 0.2) is 66.4 Å². The first kappa shape index (κ1) is 22.1. The largest absolute Gasteiger partial charge is 0.388 e. The summed E-state index contributed by atoms with van der Waals surface area (Å²) in [5.74, 6) is 1.40. The lowest BCUT2D eigenvalue weighted by atomic mass is 9.73. The second kappa shape index (κ2) is 9.61. The van der Waals surface area contributed by atoms with Gasteiger partial charge in [-0.05, 0) is 68.5 Å². The number of hydrogen-bond acceptors (Lipinski definition) is 2. The number of likely N-dealkylation sites (tertiary alicyclic amines) is 1. The smallest absolute Gasteiger partial charge is 0.0184 e. The first-order valence-electron chi connectivity index (χ1n) is 12.2. The molecular formula is C29H40N2. The summed E-state index contributed by atoms with van der Waals surface area (Å²) in [5, 5.41) is 3.66. The predicted molar refractivity (Wildman–Crippen MR) is 134 cm³/mol. The summed E-state index contributed by atoms with van der Waals surface area (Å²) in [6.07, 6.45) is 18.8. The van der Waals surface area contributed by atoms with Gasteiger partial charge >= 0.3 is 0 Å². The van der Waals surface area contributed by atoms with Crippen LogP contribution in [0.5, 0.6) is 0 Å². The van der Waals surface area contributed by atoms with Gasteiger partial charge in [0.15, 0.2) is 0 Å². The Morgan fingerprint density at radius 1 is 1.23 bits per heavy atom. The van der Waals surface area contributed by atoms with Gasteiger partial charge in [0.2, 0.25) is 0 Å². The van der Waals surface area contributed by atoms with E-state index in [1.54, 1.807) is 0 Å². The minimum Gasteiger partial charge on any atom is -0.388 e. The molecule has 1 fully saturated rings. The molecule has 0 amide bonds. The van der Waals surface area contributed by atoms with E-state index in [2.05, 4.69) is 92.3 Å². The normalized spacial score (nSPS) is 30.2. The number of allylic oxidation sites excluding steroid dienone is 6. The molecule has 2 nitrogen and oxygen atoms in total. The predicted octanol–water partition coefficient (Wildman–Crippen LogP) is 6.48. The molecule has 0 saturated carbocycles. The average molecular weight is 417 g/mol. The summed E-state index contributed by atoms with van der Waals surface area (Å²) < 4.78 is 0. The topological polar surface area (TPSA) is 15.3 Å². The maximum absolute atomic E-state index is 4.29. The molecule has 1 aromatic carbocycles. The molecule has 0 radical (unpaired) electrons. The van der Waals surface area contributed by atoms with Gasteiger partial charge in [0, 0.05) is 30.2 Å². The van der Waals surface area contributed by atoms with Crippen molar-refractivity contribution in [2.24, 2.45) is 11.8 Å². The number of rotatable bonds is 8. The first-order chi connectivity index (χ1) is 14.9. The van der Waals surface area contributed by atoms with Crippen LogP contribution < -0.4 is 5.32 Å². The van der Waals surface area contributed by atoms with Gasteiger partial charge in [-0.2, -0.15) is 0 Å². The van der Waals surface area contributed by atoms with E-state index in [1.807, 2.05) is 0 Å². The van der Waals surface area contributed by atoms with Gasteiger partial charge in [-0.15, -0.1) is 0 Å². The number of fused-ring (bicyclic) bond motifs is 1. The Kier molecular flexibility index (Phi) is 6.86. The highest BCUT2D eigenvalue weighted by Gasteiger charge is 2.38. The van der Waals surface area contributed by atoms with Crippen molar-refractivity contribution in [3.05, 3.63) is 77.5 Å². The van der Waals surface area contributed by atoms with Gasteiger partial charge in [-0.25, -0.2) is 0 Å². The zero-order valence-corrected chi connectivity index (χ0v) is 19.7. The summed E-state index contributed by atoms with van der Waals surface area (Å²) in [4.78, 5) is 2.63. The molecule has 166 valence electrons. The molecule has 4 unspecified atom stereocenters. The quantitative estimate of drug-likeness (QED) is 0.522. The summed E-state index contributed by atoms with van der Waals surface area (Å²) in [7, 11) is 2.33. The average Bonchev–Trinajstić information content (AvgIpc) is 3.11. The van der Waals surface area contributed by atoms with Crippen molar-refractivity contribution in [3.8, 4) is 0 Å². The molecule has 3 aliphatic rings. The number of hydrogen-bond donors (Lipinski definition) is 1. The van der Waals surface area contributed by atoms with Crippen molar-refractivity contribution in [1.29, 1.82) is 0 Å². The summed E-state index contributed by atoms with van der Waals surface area (Å²) in [6, 6.07) is 9.54. The van der Waals surface area contributed by atoms with Crippen LogP contribution in [-0.2, 0) is 5.41 Å². The minimum absolute atomic E-state index is 0.158. The van der Waals surface area contributed by atoms with E-state index in [0.29, 0.717) is 17.9 Å². The number of benzene rings is 1. The Bertz CT molecular complexity index is 864. The molecule has 1 saturated heterocycles. The van der Waals surface area contributed by atoms with Crippen molar-refractivity contribution in [2.45, 2.75) is 63.8 Å². The monoisotopic (exact) mass is 416 g/mol. The van der Waals surface area contributed by atoms with Gasteiger partial charge < -0.3 is 10.2 Å². The molecule has 2 aliphatic carbocycles. The van der Waals surface area contributed by atoms with Gasteiger partial charge in [-0.3, -0.25) is 0 Å². The van der Waals surface area contributed by atoms with Crippen LogP contribution in [-0.4, -0.2) is 31.1 Å². The molecule has 1 heterocycles. The van der Waals surface area contributed by atoms with Crippen LogP contribution in [0.2, 0.25) is 0 Å². The minimum atomic E-state index is 0.158. The van der Waals surface area contributed by atoms with Crippen molar-refractivity contribution in [3.63, 3.8) is 0 Å². The molecule has 4 atom stereocenters. The lowest BCUT2D eigenvalue weighted by molar-refractivity contribution is 0.0716. The standard InChI is InChI=1S/C29H40N2/c1-22-18-25(20-30-23(2)14-15-24-10-6-5-7-11-24)21-31(4)28(22)19-29(3)17-16-26-12-8-9-13-27(26)29/h6,8-13,16-17,22,25,28,30H,2,5,7,14-15,18-21H2,1,3-4H3. The molecule has 2 heteroatoms. The van der Waals surface area contributed by atoms with Gasteiger partial charge in [-0.1, -0.05) is 80.6 Å². The molecule has 1 aromatic rings. The third-order valence-electron chi connectivity index (χ3n) is 7.74. The zero-order valence-electron chi connectivity index (χ0n) is 19.7. The van der Waals surface area contributed by atoms with Crippen molar-refractivity contribution < 1.29 is 0 Å². The highest BCUT2D eigenvalue weighted by atomic mass is 15.1. The van der Waals surface area contributed by atoms with E-state index in [9.17, 15) is 0 Å². The third kappa shape index (κ3) is 5.23. The number of piperidine rings is 1. The number of nitrogens with one attached hydrogen (secondary N) is 1. The second-order valence-electron chi connectivity index (χ2n) is 10.4. The summed E-state index contributed by atoms with van der Waals surface area (Å²) in [6.45, 7) is 11.4. The zero-order chi connectivity index (χ0) is 21.8. The van der Waals surface area contributed by atoms with Crippen LogP contribution in [0.1, 0.15) is 63.5 Å². The Morgan fingerprint density at radius 3 is 2.84 bits per heavy atom.